The summed E-state index contributed by atoms with van der Waals surface area (Å²) >= 11 is 5.66. The molecule has 0 bridgehead atoms. The van der Waals surface area contributed by atoms with Crippen LogP contribution in [0.25, 0.3) is 0 Å². The third kappa shape index (κ3) is 3.60. The lowest BCUT2D eigenvalue weighted by molar-refractivity contribution is 0.276. The molecule has 0 saturated carbocycles. The van der Waals surface area contributed by atoms with Crippen molar-refractivity contribution in [2.75, 3.05) is 13.1 Å². The summed E-state index contributed by atoms with van der Waals surface area (Å²) in [6.07, 6.45) is 1.16. The molecular weight excluding hydrogens is 198 g/mol. The van der Waals surface area contributed by atoms with Crippen LogP contribution in [0.2, 0.25) is 5.15 Å². The van der Waals surface area contributed by atoms with Crippen molar-refractivity contribution in [3.8, 4) is 0 Å². The number of hydrogen-bond donors (Lipinski definition) is 0. The Bertz CT molecular complexity index is 261. The summed E-state index contributed by atoms with van der Waals surface area (Å²) in [7, 11) is 0. The van der Waals surface area contributed by atoms with E-state index in [9.17, 15) is 0 Å². The van der Waals surface area contributed by atoms with E-state index < -0.39 is 0 Å². The number of rotatable bonds is 5. The molecule has 0 atom stereocenters. The molecule has 0 saturated heterocycles. The zero-order valence-corrected chi connectivity index (χ0v) is 9.46. The summed E-state index contributed by atoms with van der Waals surface area (Å²) < 4.78 is 0. The van der Waals surface area contributed by atoms with Gasteiger partial charge < -0.3 is 0 Å². The zero-order valence-electron chi connectivity index (χ0n) is 8.70. The van der Waals surface area contributed by atoms with Crippen LogP contribution in [-0.4, -0.2) is 28.2 Å². The second-order valence-corrected chi connectivity index (χ2v) is 3.60. The fourth-order valence-electron chi connectivity index (χ4n) is 1.32. The van der Waals surface area contributed by atoms with Gasteiger partial charge in [-0.2, -0.15) is 5.10 Å². The smallest absolute Gasteiger partial charge is 0.151 e. The van der Waals surface area contributed by atoms with Gasteiger partial charge in [0.25, 0.3) is 0 Å². The number of aromatic nitrogens is 2. The van der Waals surface area contributed by atoms with Gasteiger partial charge in [-0.05, 0) is 31.6 Å². The summed E-state index contributed by atoms with van der Waals surface area (Å²) in [6, 6.07) is 3.71. The van der Waals surface area contributed by atoms with Gasteiger partial charge in [0.15, 0.2) is 5.15 Å². The third-order valence-corrected chi connectivity index (χ3v) is 2.26. The predicted octanol–water partition coefficient (Wildman–Crippen LogP) is 2.36. The number of halogens is 1. The molecule has 4 heteroatoms. The Morgan fingerprint density at radius 1 is 1.29 bits per heavy atom. The molecule has 1 heterocycles. The molecule has 14 heavy (non-hydrogen) atoms. The van der Waals surface area contributed by atoms with Crippen LogP contribution in [0.5, 0.6) is 0 Å². The first kappa shape index (κ1) is 11.4. The van der Waals surface area contributed by atoms with Gasteiger partial charge >= 0.3 is 0 Å². The highest BCUT2D eigenvalue weighted by Crippen LogP contribution is 2.05. The van der Waals surface area contributed by atoms with Crippen molar-refractivity contribution in [2.45, 2.75) is 26.8 Å². The summed E-state index contributed by atoms with van der Waals surface area (Å²) in [4.78, 5) is 2.33. The van der Waals surface area contributed by atoms with Gasteiger partial charge in [0.1, 0.15) is 0 Å². The average Bonchev–Trinajstić information content (AvgIpc) is 2.20. The van der Waals surface area contributed by atoms with Gasteiger partial charge in [-0.3, -0.25) is 4.90 Å². The molecule has 0 amide bonds. The largest absolute Gasteiger partial charge is 0.298 e. The maximum atomic E-state index is 5.66. The molecule has 0 aliphatic rings. The van der Waals surface area contributed by atoms with Crippen molar-refractivity contribution >= 4 is 11.6 Å². The van der Waals surface area contributed by atoms with E-state index in [1.54, 1.807) is 6.07 Å². The van der Waals surface area contributed by atoms with Gasteiger partial charge in [-0.15, -0.1) is 5.10 Å². The van der Waals surface area contributed by atoms with Gasteiger partial charge in [0, 0.05) is 6.54 Å². The molecule has 0 unspecified atom stereocenters. The van der Waals surface area contributed by atoms with E-state index in [2.05, 4.69) is 28.9 Å². The summed E-state index contributed by atoms with van der Waals surface area (Å²) in [5.41, 5.74) is 0.977. The molecule has 0 spiro atoms. The summed E-state index contributed by atoms with van der Waals surface area (Å²) in [5, 5.41) is 8.29. The van der Waals surface area contributed by atoms with Crippen LogP contribution in [0.4, 0.5) is 0 Å². The highest BCUT2D eigenvalue weighted by Gasteiger charge is 2.03. The first-order valence-corrected chi connectivity index (χ1v) is 5.34. The monoisotopic (exact) mass is 213 g/mol. The van der Waals surface area contributed by atoms with E-state index in [1.807, 2.05) is 6.07 Å². The van der Waals surface area contributed by atoms with Crippen LogP contribution in [0.1, 0.15) is 26.0 Å². The Morgan fingerprint density at radius 2 is 2.07 bits per heavy atom. The molecule has 0 aliphatic heterocycles. The van der Waals surface area contributed by atoms with E-state index >= 15 is 0 Å². The minimum Gasteiger partial charge on any atom is -0.298 e. The van der Waals surface area contributed by atoms with E-state index in [-0.39, 0.29) is 0 Å². The van der Waals surface area contributed by atoms with Gasteiger partial charge in [0.2, 0.25) is 0 Å². The zero-order chi connectivity index (χ0) is 10.4. The van der Waals surface area contributed by atoms with Crippen LogP contribution >= 0.6 is 11.6 Å². The minimum atomic E-state index is 0.451. The molecule has 1 aromatic heterocycles. The van der Waals surface area contributed by atoms with Crippen molar-refractivity contribution < 1.29 is 0 Å². The van der Waals surface area contributed by atoms with Crippen molar-refractivity contribution in [3.05, 3.63) is 23.0 Å². The second kappa shape index (κ2) is 5.94. The van der Waals surface area contributed by atoms with Crippen LogP contribution in [-0.2, 0) is 6.54 Å². The highest BCUT2D eigenvalue weighted by molar-refractivity contribution is 6.29. The lowest BCUT2D eigenvalue weighted by Gasteiger charge is -2.18. The van der Waals surface area contributed by atoms with Crippen molar-refractivity contribution in [3.63, 3.8) is 0 Å². The molecule has 3 nitrogen and oxygen atoms in total. The second-order valence-electron chi connectivity index (χ2n) is 3.22. The Kier molecular flexibility index (Phi) is 4.84. The molecule has 0 aliphatic carbocycles. The van der Waals surface area contributed by atoms with Gasteiger partial charge in [0.05, 0.1) is 5.69 Å². The average molecular weight is 214 g/mol. The molecular formula is C10H16ClN3. The Morgan fingerprint density at radius 3 is 2.57 bits per heavy atom. The normalized spacial score (nSPS) is 10.9. The van der Waals surface area contributed by atoms with Crippen molar-refractivity contribution in [1.29, 1.82) is 0 Å². The van der Waals surface area contributed by atoms with E-state index in [1.165, 1.54) is 0 Å². The Labute approximate surface area is 90.1 Å². The Balaban J connectivity index is 2.53. The lowest BCUT2D eigenvalue weighted by atomic mass is 10.3. The van der Waals surface area contributed by atoms with Crippen molar-refractivity contribution in [2.24, 2.45) is 0 Å². The first-order chi connectivity index (χ1) is 6.76. The maximum absolute atomic E-state index is 5.66. The summed E-state index contributed by atoms with van der Waals surface area (Å²) in [5.74, 6) is 0. The van der Waals surface area contributed by atoms with Crippen LogP contribution in [0.3, 0.4) is 0 Å². The van der Waals surface area contributed by atoms with Crippen LogP contribution < -0.4 is 0 Å². The van der Waals surface area contributed by atoms with Gasteiger partial charge in [-0.1, -0.05) is 25.4 Å². The number of nitrogens with zero attached hydrogens (tertiary/aromatic N) is 3. The Hall–Kier alpha value is -0.670. The van der Waals surface area contributed by atoms with E-state index in [0.29, 0.717) is 5.15 Å². The standard InChI is InChI=1S/C10H16ClN3/c1-3-7-14(4-2)8-9-5-6-10(11)13-12-9/h5-6H,3-4,7-8H2,1-2H3. The molecule has 78 valence electrons. The molecule has 0 fully saturated rings. The fraction of sp³-hybridized carbons (Fsp3) is 0.600. The topological polar surface area (TPSA) is 29.0 Å². The van der Waals surface area contributed by atoms with E-state index in [0.717, 1.165) is 31.7 Å². The molecule has 1 aromatic rings. The van der Waals surface area contributed by atoms with Crippen molar-refractivity contribution in [1.82, 2.24) is 15.1 Å². The maximum Gasteiger partial charge on any atom is 0.151 e. The van der Waals surface area contributed by atoms with Crippen LogP contribution in [0, 0.1) is 0 Å². The van der Waals surface area contributed by atoms with E-state index in [4.69, 9.17) is 11.6 Å². The number of hydrogen-bond acceptors (Lipinski definition) is 3. The van der Waals surface area contributed by atoms with Gasteiger partial charge in [-0.25, -0.2) is 0 Å². The molecule has 0 N–H and O–H groups in total. The molecule has 1 rings (SSSR count). The fourth-order valence-corrected chi connectivity index (χ4v) is 1.42. The molecule has 0 radical (unpaired) electrons. The molecule has 0 aromatic carbocycles. The minimum absolute atomic E-state index is 0.451. The SMILES string of the molecule is CCCN(CC)Cc1ccc(Cl)nn1. The highest BCUT2D eigenvalue weighted by atomic mass is 35.5. The quantitative estimate of drug-likeness (QED) is 0.752. The summed E-state index contributed by atoms with van der Waals surface area (Å²) in [6.45, 7) is 7.32. The first-order valence-electron chi connectivity index (χ1n) is 4.96. The lowest BCUT2D eigenvalue weighted by Crippen LogP contribution is -2.24. The predicted molar refractivity (Wildman–Crippen MR) is 58.3 cm³/mol. The van der Waals surface area contributed by atoms with Crippen LogP contribution in [0.15, 0.2) is 12.1 Å². The third-order valence-electron chi connectivity index (χ3n) is 2.06.